The fourth-order valence-electron chi connectivity index (χ4n) is 10.00. The van der Waals surface area contributed by atoms with Crippen LogP contribution in [0.1, 0.15) is 89.5 Å². The third-order valence-electron chi connectivity index (χ3n) is 13.6. The lowest BCUT2D eigenvalue weighted by atomic mass is 9.35. The van der Waals surface area contributed by atoms with E-state index in [1.54, 1.807) is 0 Å². The summed E-state index contributed by atoms with van der Waals surface area (Å²) in [6.45, 7) is 18.9. The summed E-state index contributed by atoms with van der Waals surface area (Å²) >= 11 is 0. The average molecular weight is 731 g/mol. The molecule has 278 valence electrons. The Labute approximate surface area is 333 Å². The number of benzene rings is 6. The quantitative estimate of drug-likeness (QED) is 0.164. The topological polar surface area (TPSA) is 19.6 Å². The smallest absolute Gasteiger partial charge is 0.297 e. The molecule has 6 aromatic carbocycles. The van der Waals surface area contributed by atoms with Crippen molar-refractivity contribution < 1.29 is 4.42 Å². The predicted molar refractivity (Wildman–Crippen MR) is 239 cm³/mol. The number of aryl methyl sites for hydroxylation is 1. The minimum Gasteiger partial charge on any atom is -0.468 e. The highest BCUT2D eigenvalue weighted by Crippen LogP contribution is 2.52. The fraction of sp³-hybridized carbons (Fsp3) is 0.269. The summed E-state index contributed by atoms with van der Waals surface area (Å²) in [5, 5.41) is 1.18. The van der Waals surface area contributed by atoms with Gasteiger partial charge in [-0.25, -0.2) is 0 Å². The highest BCUT2D eigenvalue weighted by molar-refractivity contribution is 7.00. The van der Waals surface area contributed by atoms with E-state index in [0.29, 0.717) is 11.8 Å². The standard InChI is InChI=1S/C52H51BN2O/c1-32(2)34(4)36-23-24-47-39(29-36)49-50(56-47)53-42-30-40-41(52(7,8)26-25-51(40,5)6)31-44(42)55(43-22-16-15-21-38(43)35-17-11-9-12-18-35)46-28-33(3)27-45(48(46)53)54(49)37-19-13-10-14-20-37/h9-24,27-32,34H,25-26H2,1-8H3. The van der Waals surface area contributed by atoms with Gasteiger partial charge in [0, 0.05) is 33.7 Å². The molecule has 1 aliphatic carbocycles. The van der Waals surface area contributed by atoms with E-state index in [-0.39, 0.29) is 17.5 Å². The second-order valence-electron chi connectivity index (χ2n) is 18.4. The van der Waals surface area contributed by atoms with Gasteiger partial charge in [-0.2, -0.15) is 0 Å². The highest BCUT2D eigenvalue weighted by atomic mass is 16.3. The molecular formula is C52H51BN2O. The molecule has 1 unspecified atom stereocenters. The van der Waals surface area contributed by atoms with Crippen LogP contribution in [0.2, 0.25) is 0 Å². The molecule has 1 aromatic heterocycles. The molecule has 0 N–H and O–H groups in total. The van der Waals surface area contributed by atoms with Gasteiger partial charge in [0.1, 0.15) is 5.58 Å². The van der Waals surface area contributed by atoms with Gasteiger partial charge in [-0.15, -0.1) is 0 Å². The van der Waals surface area contributed by atoms with Crippen molar-refractivity contribution >= 4 is 68.4 Å². The average Bonchev–Trinajstić information content (AvgIpc) is 3.58. The summed E-state index contributed by atoms with van der Waals surface area (Å²) in [7, 11) is 0. The molecule has 2 aliphatic heterocycles. The van der Waals surface area contributed by atoms with Crippen molar-refractivity contribution in [2.24, 2.45) is 5.92 Å². The number of nitrogens with zero attached hydrogens (tertiary/aromatic N) is 2. The van der Waals surface area contributed by atoms with Crippen LogP contribution in [0.4, 0.5) is 34.1 Å². The van der Waals surface area contributed by atoms with Crippen LogP contribution in [0.15, 0.2) is 132 Å². The summed E-state index contributed by atoms with van der Waals surface area (Å²) in [6, 6.07) is 47.7. The third-order valence-corrected chi connectivity index (χ3v) is 13.6. The van der Waals surface area contributed by atoms with Crippen molar-refractivity contribution in [2.75, 3.05) is 9.80 Å². The van der Waals surface area contributed by atoms with E-state index in [9.17, 15) is 0 Å². The number of para-hydroxylation sites is 2. The maximum atomic E-state index is 7.28. The molecule has 3 heterocycles. The number of fused-ring (bicyclic) bond motifs is 7. The largest absolute Gasteiger partial charge is 0.468 e. The monoisotopic (exact) mass is 730 g/mol. The van der Waals surface area contributed by atoms with Crippen molar-refractivity contribution in [3.05, 3.63) is 150 Å². The van der Waals surface area contributed by atoms with Crippen molar-refractivity contribution in [2.45, 2.75) is 85.0 Å². The molecule has 0 amide bonds. The number of hydrogen-bond acceptors (Lipinski definition) is 3. The third kappa shape index (κ3) is 5.18. The fourth-order valence-corrected chi connectivity index (χ4v) is 10.00. The summed E-state index contributed by atoms with van der Waals surface area (Å²) < 4.78 is 7.28. The molecule has 7 aromatic rings. The van der Waals surface area contributed by atoms with Gasteiger partial charge < -0.3 is 14.2 Å². The SMILES string of the molecule is Cc1cc2c3c(c1)N(c1ccccc1)c1c(oc4ccc(C(C)C(C)C)cc14)B3c1cc3c(cc1N2c1ccccc1-c1ccccc1)C(C)(C)CCC3(C)C. The molecule has 0 saturated heterocycles. The summed E-state index contributed by atoms with van der Waals surface area (Å²) in [6.07, 6.45) is 2.32. The normalized spacial score (nSPS) is 16.7. The Kier molecular flexibility index (Phi) is 7.82. The van der Waals surface area contributed by atoms with Crippen LogP contribution in [0.5, 0.6) is 0 Å². The highest BCUT2D eigenvalue weighted by Gasteiger charge is 2.49. The van der Waals surface area contributed by atoms with Gasteiger partial charge in [-0.05, 0) is 130 Å². The van der Waals surface area contributed by atoms with Gasteiger partial charge in [0.15, 0.2) is 0 Å². The van der Waals surface area contributed by atoms with Crippen molar-refractivity contribution in [1.29, 1.82) is 0 Å². The number of hydrogen-bond donors (Lipinski definition) is 0. The van der Waals surface area contributed by atoms with E-state index in [0.717, 1.165) is 29.8 Å². The van der Waals surface area contributed by atoms with Crippen LogP contribution in [0.3, 0.4) is 0 Å². The number of rotatable bonds is 5. The molecule has 0 bridgehead atoms. The molecule has 10 rings (SSSR count). The summed E-state index contributed by atoms with van der Waals surface area (Å²) in [4.78, 5) is 5.10. The predicted octanol–water partition coefficient (Wildman–Crippen LogP) is 12.6. The van der Waals surface area contributed by atoms with E-state index >= 15 is 0 Å². The van der Waals surface area contributed by atoms with Gasteiger partial charge in [-0.3, -0.25) is 0 Å². The Morgan fingerprint density at radius 2 is 1.25 bits per heavy atom. The van der Waals surface area contributed by atoms with E-state index in [1.807, 2.05) is 0 Å². The molecule has 56 heavy (non-hydrogen) atoms. The van der Waals surface area contributed by atoms with Crippen LogP contribution < -0.4 is 26.4 Å². The lowest BCUT2D eigenvalue weighted by molar-refractivity contribution is 0.332. The van der Waals surface area contributed by atoms with Crippen LogP contribution in [0, 0.1) is 12.8 Å². The van der Waals surface area contributed by atoms with Gasteiger partial charge in [0.05, 0.1) is 17.0 Å². The maximum absolute atomic E-state index is 7.28. The summed E-state index contributed by atoms with van der Waals surface area (Å²) in [5.74, 6) is 0.950. The Bertz CT molecular complexity index is 2670. The molecule has 4 heteroatoms. The lowest BCUT2D eigenvalue weighted by Gasteiger charge is -2.46. The Morgan fingerprint density at radius 3 is 1.95 bits per heavy atom. The zero-order valence-corrected chi connectivity index (χ0v) is 34.1. The number of furan rings is 1. The zero-order chi connectivity index (χ0) is 38.7. The minimum absolute atomic E-state index is 0.0480. The second-order valence-corrected chi connectivity index (χ2v) is 18.4. The van der Waals surface area contributed by atoms with Crippen LogP contribution in [-0.2, 0) is 10.8 Å². The van der Waals surface area contributed by atoms with Crippen LogP contribution in [-0.4, -0.2) is 6.71 Å². The molecule has 0 saturated carbocycles. The first-order valence-corrected chi connectivity index (χ1v) is 20.6. The second kappa shape index (κ2) is 12.5. The Morgan fingerprint density at radius 1 is 0.625 bits per heavy atom. The van der Waals surface area contributed by atoms with Crippen molar-refractivity contribution in [1.82, 2.24) is 0 Å². The first-order valence-electron chi connectivity index (χ1n) is 20.6. The summed E-state index contributed by atoms with van der Waals surface area (Å²) in [5.41, 5.74) is 19.8. The van der Waals surface area contributed by atoms with Gasteiger partial charge >= 0.3 is 0 Å². The maximum Gasteiger partial charge on any atom is 0.297 e. The molecular weight excluding hydrogens is 679 g/mol. The lowest BCUT2D eigenvalue weighted by Crippen LogP contribution is -2.61. The van der Waals surface area contributed by atoms with E-state index < -0.39 is 0 Å². The van der Waals surface area contributed by atoms with E-state index in [1.165, 1.54) is 78.1 Å². The first kappa shape index (κ1) is 35.0. The van der Waals surface area contributed by atoms with Gasteiger partial charge in [-0.1, -0.05) is 127 Å². The van der Waals surface area contributed by atoms with Crippen LogP contribution >= 0.6 is 0 Å². The molecule has 1 atom stereocenters. The van der Waals surface area contributed by atoms with Gasteiger partial charge in [0.25, 0.3) is 6.71 Å². The Balaban J connectivity index is 1.35. The molecule has 0 fully saturated rings. The van der Waals surface area contributed by atoms with E-state index in [2.05, 4.69) is 193 Å². The zero-order valence-electron chi connectivity index (χ0n) is 34.1. The molecule has 3 aliphatic rings. The number of anilines is 6. The van der Waals surface area contributed by atoms with Crippen molar-refractivity contribution in [3.8, 4) is 11.1 Å². The van der Waals surface area contributed by atoms with Crippen molar-refractivity contribution in [3.63, 3.8) is 0 Å². The molecule has 0 radical (unpaired) electrons. The molecule has 3 nitrogen and oxygen atoms in total. The Hall–Kier alpha value is -5.48. The first-order chi connectivity index (χ1) is 26.9. The minimum atomic E-state index is -0.0878. The van der Waals surface area contributed by atoms with Gasteiger partial charge in [0.2, 0.25) is 0 Å². The van der Waals surface area contributed by atoms with E-state index in [4.69, 9.17) is 4.42 Å². The van der Waals surface area contributed by atoms with Crippen LogP contribution in [0.25, 0.3) is 22.1 Å². The molecule has 0 spiro atoms.